The molecule has 1 aromatic heterocycles. The zero-order valence-corrected chi connectivity index (χ0v) is 29.8. The fourth-order valence-corrected chi connectivity index (χ4v) is 5.99. The lowest BCUT2D eigenvalue weighted by Crippen LogP contribution is -2.52. The van der Waals surface area contributed by atoms with Crippen molar-refractivity contribution in [2.24, 2.45) is 5.73 Å². The van der Waals surface area contributed by atoms with Gasteiger partial charge in [-0.3, -0.25) is 15.1 Å². The fraction of sp³-hybridized carbons (Fsp3) is 0.244. The Bertz CT molecular complexity index is 2090. The first-order chi connectivity index (χ1) is 24.4. The van der Waals surface area contributed by atoms with Crippen LogP contribution >= 0.6 is 11.6 Å². The Morgan fingerprint density at radius 1 is 0.941 bits per heavy atom. The second-order valence-corrected chi connectivity index (χ2v) is 13.2. The quantitative estimate of drug-likeness (QED) is 0.0913. The number of carboxylic acids is 1. The molecule has 0 fully saturated rings. The molecule has 5 rings (SSSR count). The molecule has 1 unspecified atom stereocenters. The predicted octanol–water partition coefficient (Wildman–Crippen LogP) is 7.66. The molecule has 4 aromatic carbocycles. The number of carboxylic acid groups (broad SMARTS) is 1. The number of carbonyl (C=O) groups is 1. The minimum atomic E-state index is -1.59. The Morgan fingerprint density at radius 2 is 1.63 bits per heavy atom. The zero-order chi connectivity index (χ0) is 36.7. The maximum atomic E-state index is 11.8. The molecule has 0 bridgehead atoms. The van der Waals surface area contributed by atoms with E-state index in [0.717, 1.165) is 44.5 Å². The Morgan fingerprint density at radius 3 is 2.33 bits per heavy atom. The summed E-state index contributed by atoms with van der Waals surface area (Å²) in [6.45, 7) is 7.30. The molecule has 1 heterocycles. The largest absolute Gasteiger partial charge is 0.488 e. The second kappa shape index (κ2) is 16.2. The van der Waals surface area contributed by atoms with Gasteiger partial charge in [0, 0.05) is 42.2 Å². The Kier molecular flexibility index (Phi) is 11.8. The Hall–Kier alpha value is -5.24. The van der Waals surface area contributed by atoms with E-state index in [0.29, 0.717) is 33.2 Å². The predicted molar refractivity (Wildman–Crippen MR) is 198 cm³/mol. The lowest BCUT2D eigenvalue weighted by Gasteiger charge is -2.25. The number of pyridine rings is 1. The molecule has 51 heavy (non-hydrogen) atoms. The number of nitrogens with one attached hydrogen (secondary N) is 1. The van der Waals surface area contributed by atoms with Crippen LogP contribution in [-0.4, -0.2) is 33.3 Å². The molecule has 5 N–H and O–H groups in total. The van der Waals surface area contributed by atoms with Crippen LogP contribution in [-0.2, 0) is 24.6 Å². The van der Waals surface area contributed by atoms with Crippen LogP contribution < -0.4 is 20.5 Å². The number of benzene rings is 4. The maximum absolute atomic E-state index is 11.8. The molecule has 5 aromatic rings. The first-order valence-corrected chi connectivity index (χ1v) is 16.9. The van der Waals surface area contributed by atoms with Crippen LogP contribution in [0.25, 0.3) is 22.3 Å². The maximum Gasteiger partial charge on any atom is 0.326 e. The summed E-state index contributed by atoms with van der Waals surface area (Å²) in [6, 6.07) is 27.8. The normalized spacial score (nSPS) is 12.8. The summed E-state index contributed by atoms with van der Waals surface area (Å²) in [5, 5.41) is 31.9. The van der Waals surface area contributed by atoms with E-state index in [1.54, 1.807) is 24.4 Å². The standard InChI is InChI=1S/C41H41ClN4O5/c1-25-32(10-6-12-35(25)36-13-7-11-34(26(36)2)31-9-5-8-30(15-31)27(3)44)23-51-39-17-38(50-22-29-14-28(18-43)19-45-20-29)33(16-37(39)42)21-46-41(4,24-47)40(48)49/h5-17,19-20,27,46-47H,21-24,44H2,1-4H3,(H,48,49)/t27-,41?/m1/s1. The number of ether oxygens (including phenoxy) is 2. The molecular weight excluding hydrogens is 664 g/mol. The van der Waals surface area contributed by atoms with Gasteiger partial charge in [0.2, 0.25) is 0 Å². The average Bonchev–Trinajstić information content (AvgIpc) is 3.13. The Balaban J connectivity index is 1.42. The third-order valence-electron chi connectivity index (χ3n) is 9.07. The van der Waals surface area contributed by atoms with Crippen molar-refractivity contribution in [2.75, 3.05) is 6.61 Å². The number of rotatable bonds is 14. The van der Waals surface area contributed by atoms with Crippen molar-refractivity contribution < 1.29 is 24.5 Å². The molecule has 0 aliphatic heterocycles. The smallest absolute Gasteiger partial charge is 0.326 e. The number of nitriles is 1. The van der Waals surface area contributed by atoms with Gasteiger partial charge in [-0.25, -0.2) is 0 Å². The topological polar surface area (TPSA) is 151 Å². The van der Waals surface area contributed by atoms with Crippen LogP contribution in [0.1, 0.15) is 58.8 Å². The van der Waals surface area contributed by atoms with Crippen molar-refractivity contribution in [1.29, 1.82) is 5.26 Å². The molecule has 2 atom stereocenters. The molecule has 10 heteroatoms. The van der Waals surface area contributed by atoms with Crippen molar-refractivity contribution in [3.8, 4) is 39.8 Å². The van der Waals surface area contributed by atoms with Gasteiger partial charge in [-0.2, -0.15) is 5.26 Å². The summed E-state index contributed by atoms with van der Waals surface area (Å²) in [5.74, 6) is -0.437. The van der Waals surface area contributed by atoms with Gasteiger partial charge in [0.05, 0.1) is 17.2 Å². The van der Waals surface area contributed by atoms with E-state index in [1.807, 2.05) is 31.2 Å². The number of halogens is 1. The molecule has 0 radical (unpaired) electrons. The summed E-state index contributed by atoms with van der Waals surface area (Å²) in [4.78, 5) is 15.9. The number of nitrogens with zero attached hydrogens (tertiary/aromatic N) is 2. The van der Waals surface area contributed by atoms with Crippen LogP contribution in [0.5, 0.6) is 11.5 Å². The minimum absolute atomic E-state index is 0.0320. The van der Waals surface area contributed by atoms with E-state index < -0.39 is 18.1 Å². The van der Waals surface area contributed by atoms with Gasteiger partial charge in [0.15, 0.2) is 0 Å². The number of aliphatic carboxylic acids is 1. The summed E-state index contributed by atoms with van der Waals surface area (Å²) < 4.78 is 12.5. The Labute approximate surface area is 303 Å². The average molecular weight is 705 g/mol. The van der Waals surface area contributed by atoms with Gasteiger partial charge >= 0.3 is 5.97 Å². The van der Waals surface area contributed by atoms with Gasteiger partial charge in [0.1, 0.15) is 36.3 Å². The van der Waals surface area contributed by atoms with Crippen molar-refractivity contribution in [3.63, 3.8) is 0 Å². The fourth-order valence-electron chi connectivity index (χ4n) is 5.75. The number of hydrogen-bond acceptors (Lipinski definition) is 8. The molecule has 0 saturated heterocycles. The van der Waals surface area contributed by atoms with E-state index >= 15 is 0 Å². The highest BCUT2D eigenvalue weighted by Crippen LogP contribution is 2.37. The first-order valence-electron chi connectivity index (χ1n) is 16.5. The van der Waals surface area contributed by atoms with Crippen LogP contribution in [0.3, 0.4) is 0 Å². The SMILES string of the molecule is Cc1c(COc2cc(OCc3cncc(C#N)c3)c(CNC(C)(CO)C(=O)O)cc2Cl)cccc1-c1cccc(-c2cccc([C@@H](C)N)c2)c1C. The van der Waals surface area contributed by atoms with Crippen LogP contribution in [0.15, 0.2) is 91.3 Å². The molecule has 0 spiro atoms. The van der Waals surface area contributed by atoms with Gasteiger partial charge in [-0.05, 0) is 90.4 Å². The molecule has 0 aliphatic carbocycles. The number of nitrogens with two attached hydrogens (primary N) is 1. The third kappa shape index (κ3) is 8.56. The molecule has 9 nitrogen and oxygen atoms in total. The second-order valence-electron chi connectivity index (χ2n) is 12.8. The number of aliphatic hydroxyl groups is 1. The highest BCUT2D eigenvalue weighted by Gasteiger charge is 2.32. The van der Waals surface area contributed by atoms with Crippen molar-refractivity contribution in [2.45, 2.75) is 59.0 Å². The van der Waals surface area contributed by atoms with Crippen molar-refractivity contribution in [1.82, 2.24) is 10.3 Å². The van der Waals surface area contributed by atoms with Crippen LogP contribution in [0, 0.1) is 25.2 Å². The van der Waals surface area contributed by atoms with Gasteiger partial charge in [0.25, 0.3) is 0 Å². The van der Waals surface area contributed by atoms with E-state index in [9.17, 15) is 20.3 Å². The molecule has 0 aliphatic rings. The van der Waals surface area contributed by atoms with Crippen LogP contribution in [0.4, 0.5) is 0 Å². The summed E-state index contributed by atoms with van der Waals surface area (Å²) in [7, 11) is 0. The van der Waals surface area contributed by atoms with E-state index in [2.05, 4.69) is 66.6 Å². The van der Waals surface area contributed by atoms with E-state index in [1.165, 1.54) is 13.1 Å². The van der Waals surface area contributed by atoms with Crippen molar-refractivity contribution in [3.05, 3.63) is 135 Å². The molecule has 0 amide bonds. The van der Waals surface area contributed by atoms with Gasteiger partial charge < -0.3 is 25.4 Å². The number of aromatic nitrogens is 1. The monoisotopic (exact) mass is 704 g/mol. The van der Waals surface area contributed by atoms with Crippen LogP contribution in [0.2, 0.25) is 5.02 Å². The van der Waals surface area contributed by atoms with Gasteiger partial charge in [-0.1, -0.05) is 66.2 Å². The van der Waals surface area contributed by atoms with Gasteiger partial charge in [-0.15, -0.1) is 0 Å². The zero-order valence-electron chi connectivity index (χ0n) is 29.0. The highest BCUT2D eigenvalue weighted by atomic mass is 35.5. The summed E-state index contributed by atoms with van der Waals surface area (Å²) in [5.41, 5.74) is 15.0. The number of aliphatic hydroxyl groups excluding tert-OH is 1. The van der Waals surface area contributed by atoms with E-state index in [4.69, 9.17) is 26.8 Å². The van der Waals surface area contributed by atoms with E-state index in [-0.39, 0.29) is 25.8 Å². The lowest BCUT2D eigenvalue weighted by molar-refractivity contribution is -0.145. The lowest BCUT2D eigenvalue weighted by atomic mass is 9.89. The highest BCUT2D eigenvalue weighted by molar-refractivity contribution is 6.32. The summed E-state index contributed by atoms with van der Waals surface area (Å²) >= 11 is 6.74. The number of hydrogen-bond donors (Lipinski definition) is 4. The molecule has 0 saturated carbocycles. The third-order valence-corrected chi connectivity index (χ3v) is 9.36. The van der Waals surface area contributed by atoms with Crippen molar-refractivity contribution >= 4 is 17.6 Å². The minimum Gasteiger partial charge on any atom is -0.488 e. The molecular formula is C41H41ClN4O5. The molecule has 262 valence electrons. The first kappa shape index (κ1) is 37.0. The summed E-state index contributed by atoms with van der Waals surface area (Å²) in [6.07, 6.45) is 3.06.